The van der Waals surface area contributed by atoms with E-state index in [1.165, 1.54) is 19.3 Å². The Balaban J connectivity index is 2.26. The van der Waals surface area contributed by atoms with Crippen molar-refractivity contribution in [2.24, 2.45) is 29.6 Å². The Morgan fingerprint density at radius 1 is 1.12 bits per heavy atom. The zero-order chi connectivity index (χ0) is 12.6. The zero-order valence-electron chi connectivity index (χ0n) is 11.6. The fraction of sp³-hybridized carbons (Fsp3) is 0.933. The molecule has 1 aliphatic heterocycles. The van der Waals surface area contributed by atoms with Crippen molar-refractivity contribution in [3.8, 4) is 0 Å². The van der Waals surface area contributed by atoms with Crippen LogP contribution in [0, 0.1) is 29.6 Å². The molecule has 1 aliphatic carbocycles. The molecule has 1 saturated heterocycles. The minimum absolute atomic E-state index is 0.0777. The van der Waals surface area contributed by atoms with Gasteiger partial charge in [0.25, 0.3) is 0 Å². The van der Waals surface area contributed by atoms with Crippen LogP contribution >= 0.6 is 0 Å². The summed E-state index contributed by atoms with van der Waals surface area (Å²) in [6.45, 7) is 8.94. The first-order valence-electron chi connectivity index (χ1n) is 7.34. The van der Waals surface area contributed by atoms with Crippen molar-refractivity contribution in [1.82, 2.24) is 0 Å². The number of fused-ring (bicyclic) bond motifs is 1. The maximum absolute atomic E-state index is 11.9. The topological polar surface area (TPSA) is 26.3 Å². The van der Waals surface area contributed by atoms with Gasteiger partial charge in [0.05, 0.1) is 5.92 Å². The Kier molecular flexibility index (Phi) is 3.79. The molecule has 2 heteroatoms. The third-order valence-electron chi connectivity index (χ3n) is 5.29. The van der Waals surface area contributed by atoms with Crippen LogP contribution in [0.4, 0.5) is 0 Å². The van der Waals surface area contributed by atoms with Crippen LogP contribution in [0.1, 0.15) is 53.4 Å². The number of rotatable bonds is 3. The Hall–Kier alpha value is -0.530. The molecule has 6 atom stereocenters. The molecule has 6 unspecified atom stereocenters. The lowest BCUT2D eigenvalue weighted by atomic mass is 9.59. The minimum Gasteiger partial charge on any atom is -0.462 e. The van der Waals surface area contributed by atoms with E-state index in [1.54, 1.807) is 0 Å². The normalized spacial score (nSPS) is 45.5. The molecular weight excluding hydrogens is 212 g/mol. The van der Waals surface area contributed by atoms with E-state index in [0.29, 0.717) is 11.8 Å². The number of carbonyl (C=O) groups is 1. The fourth-order valence-electron chi connectivity index (χ4n) is 4.55. The maximum atomic E-state index is 11.9. The summed E-state index contributed by atoms with van der Waals surface area (Å²) in [5.74, 6) is 2.97. The van der Waals surface area contributed by atoms with Crippen molar-refractivity contribution in [2.45, 2.75) is 59.5 Å². The van der Waals surface area contributed by atoms with E-state index in [0.717, 1.165) is 18.3 Å². The summed E-state index contributed by atoms with van der Waals surface area (Å²) >= 11 is 0. The summed E-state index contributed by atoms with van der Waals surface area (Å²) in [6.07, 6.45) is 4.86. The smallest absolute Gasteiger partial charge is 0.309 e. The number of carbonyl (C=O) groups excluding carboxylic acids is 1. The molecule has 2 fully saturated rings. The first-order chi connectivity index (χ1) is 8.13. The molecule has 0 aromatic carbocycles. The van der Waals surface area contributed by atoms with Crippen molar-refractivity contribution < 1.29 is 9.53 Å². The van der Waals surface area contributed by atoms with Gasteiger partial charge in [-0.05, 0) is 31.1 Å². The van der Waals surface area contributed by atoms with Crippen molar-refractivity contribution in [2.75, 3.05) is 0 Å². The second-order valence-electron chi connectivity index (χ2n) is 5.87. The highest BCUT2D eigenvalue weighted by molar-refractivity contribution is 5.75. The molecule has 98 valence electrons. The Bertz CT molecular complexity index is 287. The van der Waals surface area contributed by atoms with Gasteiger partial charge in [0.2, 0.25) is 0 Å². The third kappa shape index (κ3) is 2.00. The first kappa shape index (κ1) is 12.9. The molecule has 0 bridgehead atoms. The van der Waals surface area contributed by atoms with Crippen LogP contribution in [0.2, 0.25) is 0 Å². The van der Waals surface area contributed by atoms with Crippen LogP contribution in [0.25, 0.3) is 0 Å². The Labute approximate surface area is 105 Å². The number of esters is 1. The van der Waals surface area contributed by atoms with E-state index in [4.69, 9.17) is 4.74 Å². The summed E-state index contributed by atoms with van der Waals surface area (Å²) in [5.41, 5.74) is 0. The monoisotopic (exact) mass is 238 g/mol. The van der Waals surface area contributed by atoms with Crippen molar-refractivity contribution in [3.63, 3.8) is 0 Å². The van der Waals surface area contributed by atoms with Crippen LogP contribution in [0.5, 0.6) is 0 Å². The van der Waals surface area contributed by atoms with Gasteiger partial charge in [-0.3, -0.25) is 4.79 Å². The van der Waals surface area contributed by atoms with Crippen LogP contribution < -0.4 is 0 Å². The summed E-state index contributed by atoms with van der Waals surface area (Å²) in [5, 5.41) is 0. The lowest BCUT2D eigenvalue weighted by Crippen LogP contribution is -2.41. The molecule has 0 N–H and O–H groups in total. The van der Waals surface area contributed by atoms with E-state index in [-0.39, 0.29) is 18.0 Å². The number of ether oxygens (including phenoxy) is 1. The van der Waals surface area contributed by atoms with Gasteiger partial charge in [-0.15, -0.1) is 0 Å². The van der Waals surface area contributed by atoms with Crippen molar-refractivity contribution in [1.29, 1.82) is 0 Å². The van der Waals surface area contributed by atoms with Gasteiger partial charge in [-0.1, -0.05) is 40.0 Å². The first-order valence-corrected chi connectivity index (χ1v) is 7.34. The molecule has 0 aromatic rings. The van der Waals surface area contributed by atoms with Crippen LogP contribution in [-0.4, -0.2) is 12.1 Å². The van der Waals surface area contributed by atoms with Gasteiger partial charge in [0.15, 0.2) is 0 Å². The highest BCUT2D eigenvalue weighted by atomic mass is 16.6. The minimum atomic E-state index is 0.0777. The van der Waals surface area contributed by atoms with Crippen LogP contribution in [0.3, 0.4) is 0 Å². The average molecular weight is 238 g/mol. The fourth-order valence-corrected chi connectivity index (χ4v) is 4.55. The largest absolute Gasteiger partial charge is 0.462 e. The van der Waals surface area contributed by atoms with Crippen LogP contribution in [-0.2, 0) is 9.53 Å². The van der Waals surface area contributed by atoms with E-state index >= 15 is 0 Å². The Morgan fingerprint density at radius 3 is 2.29 bits per heavy atom. The molecule has 0 amide bonds. The predicted molar refractivity (Wildman–Crippen MR) is 68.5 cm³/mol. The molecule has 0 aromatic heterocycles. The summed E-state index contributed by atoms with van der Waals surface area (Å²) in [4.78, 5) is 11.9. The standard InChI is InChI=1S/C15H26O2/c1-5-10-8-13-14(9(4)17-15(13)16)12(7-3)11(10)6-2/h9-14H,5-8H2,1-4H3. The zero-order valence-corrected chi connectivity index (χ0v) is 11.6. The SMILES string of the molecule is CCC1CC2C(=O)OC(C)C2C(CC)C1CC. The van der Waals surface area contributed by atoms with Gasteiger partial charge >= 0.3 is 5.97 Å². The molecule has 0 spiro atoms. The van der Waals surface area contributed by atoms with Crippen molar-refractivity contribution >= 4 is 5.97 Å². The van der Waals surface area contributed by atoms with Gasteiger partial charge in [-0.25, -0.2) is 0 Å². The summed E-state index contributed by atoms with van der Waals surface area (Å²) in [6, 6.07) is 0. The van der Waals surface area contributed by atoms with E-state index < -0.39 is 0 Å². The number of hydrogen-bond acceptors (Lipinski definition) is 2. The molecule has 1 saturated carbocycles. The second-order valence-corrected chi connectivity index (χ2v) is 5.87. The third-order valence-corrected chi connectivity index (χ3v) is 5.29. The second kappa shape index (κ2) is 4.99. The van der Waals surface area contributed by atoms with Gasteiger partial charge in [0.1, 0.15) is 6.10 Å². The highest BCUT2D eigenvalue weighted by Gasteiger charge is 2.52. The van der Waals surface area contributed by atoms with E-state index in [2.05, 4.69) is 27.7 Å². The molecule has 2 nitrogen and oxygen atoms in total. The number of hydrogen-bond donors (Lipinski definition) is 0. The average Bonchev–Trinajstić information content (AvgIpc) is 2.62. The molecule has 0 radical (unpaired) electrons. The van der Waals surface area contributed by atoms with E-state index in [1.807, 2.05) is 0 Å². The molecule has 17 heavy (non-hydrogen) atoms. The lowest BCUT2D eigenvalue weighted by Gasteiger charge is -2.43. The highest BCUT2D eigenvalue weighted by Crippen LogP contribution is 2.51. The maximum Gasteiger partial charge on any atom is 0.309 e. The van der Waals surface area contributed by atoms with Crippen molar-refractivity contribution in [3.05, 3.63) is 0 Å². The van der Waals surface area contributed by atoms with E-state index in [9.17, 15) is 4.79 Å². The molecule has 1 heterocycles. The lowest BCUT2D eigenvalue weighted by molar-refractivity contribution is -0.144. The summed E-state index contributed by atoms with van der Waals surface area (Å²) in [7, 11) is 0. The summed E-state index contributed by atoms with van der Waals surface area (Å²) < 4.78 is 5.49. The van der Waals surface area contributed by atoms with Crippen LogP contribution in [0.15, 0.2) is 0 Å². The quantitative estimate of drug-likeness (QED) is 0.702. The molecule has 2 aliphatic rings. The molecular formula is C15H26O2. The Morgan fingerprint density at radius 2 is 1.76 bits per heavy atom. The number of cyclic esters (lactones) is 1. The van der Waals surface area contributed by atoms with Gasteiger partial charge < -0.3 is 4.74 Å². The molecule has 2 rings (SSSR count). The van der Waals surface area contributed by atoms with Gasteiger partial charge in [0, 0.05) is 5.92 Å². The van der Waals surface area contributed by atoms with Gasteiger partial charge in [-0.2, -0.15) is 0 Å². The predicted octanol–water partition coefficient (Wildman–Crippen LogP) is 3.65.